The molecular weight excluding hydrogens is 262 g/mol. The predicted octanol–water partition coefficient (Wildman–Crippen LogP) is 3.22. The zero-order valence-electron chi connectivity index (χ0n) is 13.1. The van der Waals surface area contributed by atoms with E-state index in [-0.39, 0.29) is 5.91 Å². The van der Waals surface area contributed by atoms with Crippen LogP contribution in [-0.2, 0) is 6.42 Å². The Kier molecular flexibility index (Phi) is 4.22. The summed E-state index contributed by atoms with van der Waals surface area (Å²) < 4.78 is 0. The van der Waals surface area contributed by atoms with Gasteiger partial charge in [-0.05, 0) is 50.9 Å². The Morgan fingerprint density at radius 3 is 2.71 bits per heavy atom. The molecule has 3 rings (SSSR count). The van der Waals surface area contributed by atoms with Crippen molar-refractivity contribution in [1.29, 1.82) is 0 Å². The molecule has 4 nitrogen and oxygen atoms in total. The van der Waals surface area contributed by atoms with Crippen molar-refractivity contribution >= 4 is 5.91 Å². The second-order valence-corrected chi connectivity index (χ2v) is 6.81. The highest BCUT2D eigenvalue weighted by Gasteiger charge is 2.23. The van der Waals surface area contributed by atoms with Crippen molar-refractivity contribution in [3.63, 3.8) is 0 Å². The first-order valence-electron chi connectivity index (χ1n) is 8.30. The zero-order valence-corrected chi connectivity index (χ0v) is 13.1. The fourth-order valence-electron chi connectivity index (χ4n) is 3.50. The van der Waals surface area contributed by atoms with Crippen molar-refractivity contribution in [1.82, 2.24) is 15.3 Å². The van der Waals surface area contributed by atoms with E-state index in [4.69, 9.17) is 0 Å². The van der Waals surface area contributed by atoms with Gasteiger partial charge in [0.1, 0.15) is 5.69 Å². The summed E-state index contributed by atoms with van der Waals surface area (Å²) in [5, 5.41) is 3.14. The van der Waals surface area contributed by atoms with E-state index in [0.29, 0.717) is 17.7 Å². The molecule has 2 aliphatic rings. The van der Waals surface area contributed by atoms with E-state index in [1.807, 2.05) is 0 Å². The molecule has 0 spiro atoms. The number of aryl methyl sites for hydroxylation is 1. The summed E-state index contributed by atoms with van der Waals surface area (Å²) >= 11 is 0. The highest BCUT2D eigenvalue weighted by molar-refractivity contribution is 5.92. The number of amides is 1. The van der Waals surface area contributed by atoms with Gasteiger partial charge in [0.2, 0.25) is 0 Å². The Morgan fingerprint density at radius 1 is 1.19 bits per heavy atom. The van der Waals surface area contributed by atoms with Gasteiger partial charge in [-0.25, -0.2) is 4.98 Å². The normalized spacial score (nSPS) is 28.8. The van der Waals surface area contributed by atoms with Crippen LogP contribution in [0.4, 0.5) is 0 Å². The first-order chi connectivity index (χ1) is 10.1. The molecule has 1 N–H and O–H groups in total. The summed E-state index contributed by atoms with van der Waals surface area (Å²) in [6.07, 6.45) is 9.55. The fraction of sp³-hybridized carbons (Fsp3) is 0.706. The molecule has 114 valence electrons. The lowest BCUT2D eigenvalue weighted by Gasteiger charge is -2.27. The third-order valence-corrected chi connectivity index (χ3v) is 4.98. The number of fused-ring (bicyclic) bond motifs is 1. The third kappa shape index (κ3) is 3.25. The van der Waals surface area contributed by atoms with Gasteiger partial charge in [-0.3, -0.25) is 9.78 Å². The average Bonchev–Trinajstić information content (AvgIpc) is 2.50. The SMILES string of the molecule is CC1CCCc2ncc(C(=O)N[C@H]3CC[C@H](C)CC3)nc21. The quantitative estimate of drug-likeness (QED) is 0.908. The molecule has 1 unspecified atom stereocenters. The number of hydrogen-bond acceptors (Lipinski definition) is 3. The molecule has 1 aromatic heterocycles. The van der Waals surface area contributed by atoms with Crippen molar-refractivity contribution < 1.29 is 4.79 Å². The Labute approximate surface area is 126 Å². The molecule has 0 aromatic carbocycles. The number of nitrogens with one attached hydrogen (secondary N) is 1. The highest BCUT2D eigenvalue weighted by Crippen LogP contribution is 2.28. The summed E-state index contributed by atoms with van der Waals surface area (Å²) in [7, 11) is 0. The second kappa shape index (κ2) is 6.12. The largest absolute Gasteiger partial charge is 0.348 e. The lowest BCUT2D eigenvalue weighted by Crippen LogP contribution is -2.38. The number of carbonyl (C=O) groups excluding carboxylic acids is 1. The van der Waals surface area contributed by atoms with Gasteiger partial charge in [-0.15, -0.1) is 0 Å². The van der Waals surface area contributed by atoms with Crippen LogP contribution in [0.3, 0.4) is 0 Å². The molecule has 21 heavy (non-hydrogen) atoms. The van der Waals surface area contributed by atoms with Gasteiger partial charge in [0.25, 0.3) is 5.91 Å². The van der Waals surface area contributed by atoms with E-state index in [2.05, 4.69) is 29.1 Å². The number of aromatic nitrogens is 2. The minimum Gasteiger partial charge on any atom is -0.348 e. The summed E-state index contributed by atoms with van der Waals surface area (Å²) in [5.41, 5.74) is 2.60. The lowest BCUT2D eigenvalue weighted by molar-refractivity contribution is 0.0917. The van der Waals surface area contributed by atoms with E-state index >= 15 is 0 Å². The van der Waals surface area contributed by atoms with Gasteiger partial charge in [0, 0.05) is 12.0 Å². The fourth-order valence-corrected chi connectivity index (χ4v) is 3.50. The average molecular weight is 287 g/mol. The molecule has 0 saturated heterocycles. The summed E-state index contributed by atoms with van der Waals surface area (Å²) in [6, 6.07) is 0.309. The first kappa shape index (κ1) is 14.5. The van der Waals surface area contributed by atoms with Crippen LogP contribution in [0.15, 0.2) is 6.20 Å². The van der Waals surface area contributed by atoms with Crippen LogP contribution >= 0.6 is 0 Å². The molecule has 1 aromatic rings. The smallest absolute Gasteiger partial charge is 0.271 e. The summed E-state index contributed by atoms with van der Waals surface area (Å²) in [4.78, 5) is 21.4. The standard InChI is InChI=1S/C17H25N3O/c1-11-6-8-13(9-7-11)19-17(21)15-10-18-14-5-3-4-12(2)16(14)20-15/h10-13H,3-9H2,1-2H3,(H,19,21)/t11-,12?,13-. The second-order valence-electron chi connectivity index (χ2n) is 6.81. The van der Waals surface area contributed by atoms with Crippen molar-refractivity contribution in [3.8, 4) is 0 Å². The first-order valence-corrected chi connectivity index (χ1v) is 8.30. The molecule has 0 bridgehead atoms. The van der Waals surface area contributed by atoms with Gasteiger partial charge >= 0.3 is 0 Å². The van der Waals surface area contributed by atoms with Crippen LogP contribution in [0.2, 0.25) is 0 Å². The van der Waals surface area contributed by atoms with Gasteiger partial charge in [0.05, 0.1) is 17.6 Å². The molecule has 1 amide bonds. The van der Waals surface area contributed by atoms with Gasteiger partial charge in [-0.2, -0.15) is 0 Å². The van der Waals surface area contributed by atoms with Crippen molar-refractivity contribution in [2.45, 2.75) is 70.8 Å². The van der Waals surface area contributed by atoms with Crippen molar-refractivity contribution in [3.05, 3.63) is 23.3 Å². The molecule has 0 radical (unpaired) electrons. The van der Waals surface area contributed by atoms with Crippen LogP contribution in [0, 0.1) is 5.92 Å². The maximum Gasteiger partial charge on any atom is 0.271 e. The predicted molar refractivity (Wildman–Crippen MR) is 82.3 cm³/mol. The van der Waals surface area contributed by atoms with Crippen LogP contribution < -0.4 is 5.32 Å². The van der Waals surface area contributed by atoms with Crippen LogP contribution in [0.1, 0.15) is 80.2 Å². The Balaban J connectivity index is 1.69. The molecule has 4 heteroatoms. The number of carbonyl (C=O) groups is 1. The number of hydrogen-bond donors (Lipinski definition) is 1. The van der Waals surface area contributed by atoms with Crippen molar-refractivity contribution in [2.75, 3.05) is 0 Å². The summed E-state index contributed by atoms with van der Waals surface area (Å²) in [5.74, 6) is 1.16. The van der Waals surface area contributed by atoms with Crippen LogP contribution in [0.5, 0.6) is 0 Å². The third-order valence-electron chi connectivity index (χ3n) is 4.98. The van der Waals surface area contributed by atoms with Gasteiger partial charge in [-0.1, -0.05) is 13.8 Å². The minimum absolute atomic E-state index is 0.0531. The van der Waals surface area contributed by atoms with E-state index in [1.54, 1.807) is 6.20 Å². The molecule has 1 saturated carbocycles. The van der Waals surface area contributed by atoms with Crippen LogP contribution in [0.25, 0.3) is 0 Å². The molecule has 1 atom stereocenters. The summed E-state index contributed by atoms with van der Waals surface area (Å²) in [6.45, 7) is 4.46. The number of nitrogens with zero attached hydrogens (tertiary/aromatic N) is 2. The Bertz CT molecular complexity index is 521. The van der Waals surface area contributed by atoms with Crippen molar-refractivity contribution in [2.24, 2.45) is 5.92 Å². The molecule has 1 fully saturated rings. The topological polar surface area (TPSA) is 54.9 Å². The van der Waals surface area contributed by atoms with E-state index in [9.17, 15) is 4.79 Å². The maximum absolute atomic E-state index is 12.4. The number of rotatable bonds is 2. The minimum atomic E-state index is -0.0531. The lowest BCUT2D eigenvalue weighted by atomic mass is 9.87. The van der Waals surface area contributed by atoms with Gasteiger partial charge in [0.15, 0.2) is 0 Å². The zero-order chi connectivity index (χ0) is 14.8. The molecule has 1 heterocycles. The molecule has 2 aliphatic carbocycles. The van der Waals surface area contributed by atoms with E-state index in [1.165, 1.54) is 19.3 Å². The Morgan fingerprint density at radius 2 is 1.95 bits per heavy atom. The van der Waals surface area contributed by atoms with Crippen LogP contribution in [-0.4, -0.2) is 21.9 Å². The monoisotopic (exact) mass is 287 g/mol. The molecule has 0 aliphatic heterocycles. The van der Waals surface area contributed by atoms with E-state index < -0.39 is 0 Å². The van der Waals surface area contributed by atoms with E-state index in [0.717, 1.165) is 43.0 Å². The maximum atomic E-state index is 12.4. The van der Waals surface area contributed by atoms with Gasteiger partial charge < -0.3 is 5.32 Å². The Hall–Kier alpha value is -1.45. The molecular formula is C17H25N3O. The highest BCUT2D eigenvalue weighted by atomic mass is 16.1.